The van der Waals surface area contributed by atoms with Gasteiger partial charge in [0, 0.05) is 18.0 Å². The van der Waals surface area contributed by atoms with Crippen LogP contribution in [0.1, 0.15) is 73.3 Å². The van der Waals surface area contributed by atoms with Crippen molar-refractivity contribution < 1.29 is 4.79 Å². The van der Waals surface area contributed by atoms with Crippen LogP contribution < -0.4 is 11.1 Å². The maximum absolute atomic E-state index is 12.4. The molecule has 3 rings (SSSR count). The number of carbonyl (C=O) groups excluding carboxylic acids is 1. The first kappa shape index (κ1) is 13.6. The zero-order valence-electron chi connectivity index (χ0n) is 11.9. The highest BCUT2D eigenvalue weighted by molar-refractivity contribution is 5.95. The Kier molecular flexibility index (Phi) is 4.05. The molecule has 0 saturated heterocycles. The van der Waals surface area contributed by atoms with Gasteiger partial charge in [-0.1, -0.05) is 19.3 Å². The Morgan fingerprint density at radius 2 is 2.05 bits per heavy atom. The van der Waals surface area contributed by atoms with Gasteiger partial charge < -0.3 is 11.1 Å². The number of nitrogens with two attached hydrogens (primary N) is 1. The lowest BCUT2D eigenvalue weighted by Crippen LogP contribution is -2.34. The van der Waals surface area contributed by atoms with E-state index in [0.29, 0.717) is 5.92 Å². The summed E-state index contributed by atoms with van der Waals surface area (Å²) in [5, 5.41) is 10.3. The second-order valence-corrected chi connectivity index (χ2v) is 6.28. The Morgan fingerprint density at radius 1 is 1.25 bits per heavy atom. The molecular weight excluding hydrogens is 252 g/mol. The Labute approximate surface area is 119 Å². The van der Waals surface area contributed by atoms with Crippen LogP contribution >= 0.6 is 0 Å². The second-order valence-electron chi connectivity index (χ2n) is 6.28. The normalized spacial score (nSPS) is 27.6. The Hall–Kier alpha value is -1.36. The van der Waals surface area contributed by atoms with E-state index in [-0.39, 0.29) is 18.0 Å². The number of nitrogens with one attached hydrogen (secondary N) is 2. The van der Waals surface area contributed by atoms with Gasteiger partial charge in [-0.05, 0) is 32.1 Å². The van der Waals surface area contributed by atoms with E-state index in [1.807, 2.05) is 0 Å². The van der Waals surface area contributed by atoms with E-state index in [1.54, 1.807) is 6.20 Å². The van der Waals surface area contributed by atoms with Gasteiger partial charge in [-0.3, -0.25) is 9.89 Å². The van der Waals surface area contributed by atoms with E-state index in [0.717, 1.165) is 43.4 Å². The van der Waals surface area contributed by atoms with Gasteiger partial charge in [0.2, 0.25) is 0 Å². The molecule has 5 heteroatoms. The highest BCUT2D eigenvalue weighted by Gasteiger charge is 2.27. The summed E-state index contributed by atoms with van der Waals surface area (Å²) in [5.74, 6) is 0.483. The van der Waals surface area contributed by atoms with Gasteiger partial charge in [0.15, 0.2) is 0 Å². The highest BCUT2D eigenvalue weighted by atomic mass is 16.1. The minimum atomic E-state index is 0.0124. The van der Waals surface area contributed by atoms with Crippen LogP contribution in [-0.2, 0) is 0 Å². The van der Waals surface area contributed by atoms with Crippen molar-refractivity contribution in [3.8, 4) is 0 Å². The Balaban J connectivity index is 1.67. The van der Waals surface area contributed by atoms with Crippen LogP contribution in [0, 0.1) is 0 Å². The largest absolute Gasteiger partial charge is 0.349 e. The van der Waals surface area contributed by atoms with Crippen LogP contribution in [0.4, 0.5) is 0 Å². The quantitative estimate of drug-likeness (QED) is 0.790. The number of carbonyl (C=O) groups is 1. The second kappa shape index (κ2) is 5.95. The molecule has 0 radical (unpaired) electrons. The van der Waals surface area contributed by atoms with Crippen LogP contribution in [0.3, 0.4) is 0 Å². The minimum absolute atomic E-state index is 0.0124. The van der Waals surface area contributed by atoms with Crippen molar-refractivity contribution in [2.45, 2.75) is 69.4 Å². The fourth-order valence-electron chi connectivity index (χ4n) is 3.59. The maximum Gasteiger partial charge on any atom is 0.254 e. The third kappa shape index (κ3) is 2.87. The topological polar surface area (TPSA) is 83.8 Å². The number of H-pyrrole nitrogens is 1. The summed E-state index contributed by atoms with van der Waals surface area (Å²) < 4.78 is 0. The molecule has 0 bridgehead atoms. The van der Waals surface area contributed by atoms with Crippen molar-refractivity contribution in [3.05, 3.63) is 17.5 Å². The van der Waals surface area contributed by atoms with Gasteiger partial charge >= 0.3 is 0 Å². The van der Waals surface area contributed by atoms with E-state index in [2.05, 4.69) is 15.5 Å². The molecule has 2 atom stereocenters. The SMILES string of the molecule is N[C@H]1CC[C@@H](NC(=O)c2cn[nH]c2C2CCCCC2)C1. The van der Waals surface area contributed by atoms with Crippen molar-refractivity contribution in [3.63, 3.8) is 0 Å². The third-order valence-corrected chi connectivity index (χ3v) is 4.74. The predicted octanol–water partition coefficient (Wildman–Crippen LogP) is 2.07. The van der Waals surface area contributed by atoms with Gasteiger partial charge in [0.1, 0.15) is 0 Å². The smallest absolute Gasteiger partial charge is 0.254 e. The summed E-state index contributed by atoms with van der Waals surface area (Å²) >= 11 is 0. The number of nitrogens with zero attached hydrogens (tertiary/aromatic N) is 1. The molecule has 20 heavy (non-hydrogen) atoms. The molecule has 2 aliphatic rings. The average Bonchev–Trinajstić information content (AvgIpc) is 3.09. The maximum atomic E-state index is 12.4. The van der Waals surface area contributed by atoms with E-state index in [9.17, 15) is 4.79 Å². The van der Waals surface area contributed by atoms with Crippen molar-refractivity contribution in [2.24, 2.45) is 5.73 Å². The monoisotopic (exact) mass is 276 g/mol. The third-order valence-electron chi connectivity index (χ3n) is 4.74. The van der Waals surface area contributed by atoms with Crippen molar-refractivity contribution in [2.75, 3.05) is 0 Å². The lowest BCUT2D eigenvalue weighted by Gasteiger charge is -2.21. The molecular formula is C15H24N4O. The molecule has 5 nitrogen and oxygen atoms in total. The van der Waals surface area contributed by atoms with Crippen LogP contribution in [0.15, 0.2) is 6.20 Å². The Bertz CT molecular complexity index is 464. The molecule has 1 aromatic heterocycles. The summed E-state index contributed by atoms with van der Waals surface area (Å²) in [7, 11) is 0. The van der Waals surface area contributed by atoms with E-state index in [1.165, 1.54) is 19.3 Å². The van der Waals surface area contributed by atoms with E-state index < -0.39 is 0 Å². The summed E-state index contributed by atoms with van der Waals surface area (Å²) in [6.07, 6.45) is 10.7. The van der Waals surface area contributed by atoms with Gasteiger partial charge in [-0.2, -0.15) is 5.10 Å². The molecule has 2 saturated carbocycles. The molecule has 0 spiro atoms. The van der Waals surface area contributed by atoms with Crippen LogP contribution in [0.2, 0.25) is 0 Å². The lowest BCUT2D eigenvalue weighted by atomic mass is 9.85. The fraction of sp³-hybridized carbons (Fsp3) is 0.733. The van der Waals surface area contributed by atoms with E-state index in [4.69, 9.17) is 5.73 Å². The number of hydrogen-bond donors (Lipinski definition) is 3. The number of hydrogen-bond acceptors (Lipinski definition) is 3. The van der Waals surface area contributed by atoms with Gasteiger partial charge in [-0.15, -0.1) is 0 Å². The molecule has 4 N–H and O–H groups in total. The molecule has 1 amide bonds. The molecule has 0 aromatic carbocycles. The number of aromatic amines is 1. The minimum Gasteiger partial charge on any atom is -0.349 e. The molecule has 1 heterocycles. The van der Waals surface area contributed by atoms with Crippen LogP contribution in [0.5, 0.6) is 0 Å². The van der Waals surface area contributed by atoms with Crippen LogP contribution in [0.25, 0.3) is 0 Å². The number of amides is 1. The standard InChI is InChI=1S/C15H24N4O/c16-11-6-7-12(8-11)18-15(20)13-9-17-19-14(13)10-4-2-1-3-5-10/h9-12H,1-8,16H2,(H,17,19)(H,18,20)/t11-,12+/m0/s1. The molecule has 110 valence electrons. The van der Waals surface area contributed by atoms with Gasteiger partial charge in [0.05, 0.1) is 17.5 Å². The average molecular weight is 276 g/mol. The van der Waals surface area contributed by atoms with E-state index >= 15 is 0 Å². The van der Waals surface area contributed by atoms with Crippen molar-refractivity contribution in [1.29, 1.82) is 0 Å². The van der Waals surface area contributed by atoms with Crippen LogP contribution in [-0.4, -0.2) is 28.2 Å². The fourth-order valence-corrected chi connectivity index (χ4v) is 3.59. The summed E-state index contributed by atoms with van der Waals surface area (Å²) in [6.45, 7) is 0. The first-order chi connectivity index (χ1) is 9.74. The van der Waals surface area contributed by atoms with Crippen molar-refractivity contribution >= 4 is 5.91 Å². The number of aromatic nitrogens is 2. The molecule has 1 aromatic rings. The van der Waals surface area contributed by atoms with Crippen molar-refractivity contribution in [1.82, 2.24) is 15.5 Å². The summed E-state index contributed by atoms with van der Waals surface area (Å²) in [6, 6.07) is 0.467. The summed E-state index contributed by atoms with van der Waals surface area (Å²) in [4.78, 5) is 12.4. The summed E-state index contributed by atoms with van der Waals surface area (Å²) in [5.41, 5.74) is 7.66. The first-order valence-electron chi connectivity index (χ1n) is 7.83. The molecule has 2 aliphatic carbocycles. The molecule has 0 aliphatic heterocycles. The highest BCUT2D eigenvalue weighted by Crippen LogP contribution is 2.33. The molecule has 2 fully saturated rings. The van der Waals surface area contributed by atoms with Gasteiger partial charge in [0.25, 0.3) is 5.91 Å². The first-order valence-corrected chi connectivity index (χ1v) is 7.83. The van der Waals surface area contributed by atoms with Gasteiger partial charge in [-0.25, -0.2) is 0 Å². The number of rotatable bonds is 3. The zero-order chi connectivity index (χ0) is 13.9. The molecule has 0 unspecified atom stereocenters. The predicted molar refractivity (Wildman–Crippen MR) is 77.5 cm³/mol. The zero-order valence-corrected chi connectivity index (χ0v) is 11.9. The Morgan fingerprint density at radius 3 is 2.75 bits per heavy atom. The lowest BCUT2D eigenvalue weighted by molar-refractivity contribution is 0.0936.